The van der Waals surface area contributed by atoms with Gasteiger partial charge in [-0.2, -0.15) is 0 Å². The molecule has 0 aliphatic rings. The Kier molecular flexibility index (Phi) is 5.66. The van der Waals surface area contributed by atoms with Gasteiger partial charge in [-0.05, 0) is 12.1 Å². The molecule has 2 N–H and O–H groups in total. The number of hydrogen-bond acceptors (Lipinski definition) is 4. The summed E-state index contributed by atoms with van der Waals surface area (Å²) in [6.07, 6.45) is 1.55. The highest BCUT2D eigenvalue weighted by atomic mass is 32.1. The summed E-state index contributed by atoms with van der Waals surface area (Å²) in [5.41, 5.74) is -0.113. The minimum Gasteiger partial charge on any atom is -0.350 e. The molecular formula is C17H20FN3O2S. The average molecular weight is 349 g/mol. The first-order valence-electron chi connectivity index (χ1n) is 7.56. The van der Waals surface area contributed by atoms with Crippen molar-refractivity contribution in [2.75, 3.05) is 13.1 Å². The molecule has 0 fully saturated rings. The van der Waals surface area contributed by atoms with Crippen molar-refractivity contribution in [2.45, 2.75) is 26.2 Å². The molecule has 7 heteroatoms. The minimum absolute atomic E-state index is 0.0129. The van der Waals surface area contributed by atoms with E-state index in [0.717, 1.165) is 5.01 Å². The van der Waals surface area contributed by atoms with Gasteiger partial charge in [0.2, 0.25) is 0 Å². The number of hydrogen-bond donors (Lipinski definition) is 2. The van der Waals surface area contributed by atoms with Crippen molar-refractivity contribution in [3.8, 4) is 0 Å². The lowest BCUT2D eigenvalue weighted by molar-refractivity contribution is 0.0927. The second-order valence-corrected chi connectivity index (χ2v) is 7.30. The molecule has 2 aromatic rings. The number of rotatable bonds is 5. The topological polar surface area (TPSA) is 71.1 Å². The van der Waals surface area contributed by atoms with E-state index < -0.39 is 11.7 Å². The van der Waals surface area contributed by atoms with Crippen LogP contribution in [0.15, 0.2) is 30.5 Å². The molecule has 0 radical (unpaired) electrons. The molecule has 128 valence electrons. The van der Waals surface area contributed by atoms with E-state index in [9.17, 15) is 14.0 Å². The second-order valence-electron chi connectivity index (χ2n) is 6.27. The third kappa shape index (κ3) is 4.61. The third-order valence-electron chi connectivity index (χ3n) is 3.19. The molecule has 0 unspecified atom stereocenters. The van der Waals surface area contributed by atoms with Crippen LogP contribution in [0.5, 0.6) is 0 Å². The molecule has 5 nitrogen and oxygen atoms in total. The first kappa shape index (κ1) is 18.1. The molecule has 0 atom stereocenters. The van der Waals surface area contributed by atoms with Crippen LogP contribution in [0.1, 0.15) is 45.8 Å². The van der Waals surface area contributed by atoms with E-state index in [1.807, 2.05) is 20.8 Å². The monoisotopic (exact) mass is 349 g/mol. The number of carbonyl (C=O) groups is 2. The van der Waals surface area contributed by atoms with Gasteiger partial charge in [0.25, 0.3) is 11.8 Å². The summed E-state index contributed by atoms with van der Waals surface area (Å²) in [4.78, 5) is 28.7. The normalized spacial score (nSPS) is 11.2. The Hall–Kier alpha value is -2.28. The number of amides is 2. The van der Waals surface area contributed by atoms with E-state index >= 15 is 0 Å². The summed E-state index contributed by atoms with van der Waals surface area (Å²) < 4.78 is 13.5. The van der Waals surface area contributed by atoms with Crippen LogP contribution in [-0.2, 0) is 5.41 Å². The predicted octanol–water partition coefficient (Wildman–Crippen LogP) is 2.74. The van der Waals surface area contributed by atoms with Crippen molar-refractivity contribution < 1.29 is 14.0 Å². The Bertz CT molecular complexity index is 737. The molecule has 1 heterocycles. The minimum atomic E-state index is -0.571. The van der Waals surface area contributed by atoms with Gasteiger partial charge < -0.3 is 10.6 Å². The summed E-state index contributed by atoms with van der Waals surface area (Å²) in [5.74, 6) is -1.31. The molecule has 0 saturated carbocycles. The Labute approximate surface area is 144 Å². The maximum atomic E-state index is 13.5. The molecular weight excluding hydrogens is 329 g/mol. The van der Waals surface area contributed by atoms with E-state index in [1.165, 1.54) is 29.5 Å². The van der Waals surface area contributed by atoms with E-state index in [-0.39, 0.29) is 30.0 Å². The second kappa shape index (κ2) is 7.53. The van der Waals surface area contributed by atoms with Crippen molar-refractivity contribution in [1.29, 1.82) is 0 Å². The summed E-state index contributed by atoms with van der Waals surface area (Å²) in [5, 5.41) is 6.17. The highest BCUT2D eigenvalue weighted by Crippen LogP contribution is 2.26. The molecule has 0 aliphatic carbocycles. The van der Waals surface area contributed by atoms with Crippen LogP contribution < -0.4 is 10.6 Å². The zero-order chi connectivity index (χ0) is 17.7. The van der Waals surface area contributed by atoms with Crippen LogP contribution in [0.3, 0.4) is 0 Å². The Morgan fingerprint density at radius 2 is 1.75 bits per heavy atom. The lowest BCUT2D eigenvalue weighted by Gasteiger charge is -2.13. The van der Waals surface area contributed by atoms with Crippen molar-refractivity contribution in [2.24, 2.45) is 0 Å². The van der Waals surface area contributed by atoms with Crippen LogP contribution in [0.25, 0.3) is 0 Å². The average Bonchev–Trinajstić information content (AvgIpc) is 3.02. The first-order chi connectivity index (χ1) is 11.3. The summed E-state index contributed by atoms with van der Waals surface area (Å²) in [6, 6.07) is 5.76. The number of nitrogens with one attached hydrogen (secondary N) is 2. The summed E-state index contributed by atoms with van der Waals surface area (Å²) in [6.45, 7) is 6.56. The van der Waals surface area contributed by atoms with Crippen LogP contribution in [0.2, 0.25) is 0 Å². The molecule has 1 aromatic carbocycles. The predicted molar refractivity (Wildman–Crippen MR) is 91.9 cm³/mol. The van der Waals surface area contributed by atoms with Crippen LogP contribution in [-0.4, -0.2) is 29.9 Å². The van der Waals surface area contributed by atoms with Gasteiger partial charge in [-0.15, -0.1) is 11.3 Å². The van der Waals surface area contributed by atoms with Crippen LogP contribution >= 0.6 is 11.3 Å². The maximum Gasteiger partial charge on any atom is 0.263 e. The standard InChI is InChI=1S/C17H20FN3O2S/c1-17(2,3)16-21-10-13(24-16)15(23)20-9-8-19-14(22)11-6-4-5-7-12(11)18/h4-7,10H,8-9H2,1-3H3,(H,19,22)(H,20,23). The van der Waals surface area contributed by atoms with Crippen LogP contribution in [0.4, 0.5) is 4.39 Å². The summed E-state index contributed by atoms with van der Waals surface area (Å²) in [7, 11) is 0. The Balaban J connectivity index is 1.80. The fourth-order valence-electron chi connectivity index (χ4n) is 1.91. The van der Waals surface area contributed by atoms with Gasteiger partial charge in [-0.1, -0.05) is 32.9 Å². The first-order valence-corrected chi connectivity index (χ1v) is 8.38. The van der Waals surface area contributed by atoms with E-state index in [1.54, 1.807) is 12.3 Å². The van der Waals surface area contributed by atoms with Crippen molar-refractivity contribution >= 4 is 23.2 Å². The van der Waals surface area contributed by atoms with Gasteiger partial charge in [-0.3, -0.25) is 9.59 Å². The Morgan fingerprint density at radius 1 is 1.12 bits per heavy atom. The van der Waals surface area contributed by atoms with E-state index in [2.05, 4.69) is 15.6 Å². The fourth-order valence-corrected chi connectivity index (χ4v) is 2.80. The van der Waals surface area contributed by atoms with Gasteiger partial charge in [0, 0.05) is 18.5 Å². The number of thiazole rings is 1. The molecule has 2 amide bonds. The zero-order valence-electron chi connectivity index (χ0n) is 13.9. The molecule has 0 aliphatic heterocycles. The molecule has 0 saturated heterocycles. The van der Waals surface area contributed by atoms with Gasteiger partial charge >= 0.3 is 0 Å². The molecule has 0 bridgehead atoms. The molecule has 1 aromatic heterocycles. The van der Waals surface area contributed by atoms with Gasteiger partial charge in [0.05, 0.1) is 16.8 Å². The third-order valence-corrected chi connectivity index (χ3v) is 4.61. The van der Waals surface area contributed by atoms with Crippen LogP contribution in [0, 0.1) is 5.82 Å². The quantitative estimate of drug-likeness (QED) is 0.816. The Morgan fingerprint density at radius 3 is 2.33 bits per heavy atom. The summed E-state index contributed by atoms with van der Waals surface area (Å²) >= 11 is 1.35. The number of halogens is 1. The van der Waals surface area contributed by atoms with Gasteiger partial charge in [0.1, 0.15) is 10.7 Å². The lowest BCUT2D eigenvalue weighted by Crippen LogP contribution is -2.34. The zero-order valence-corrected chi connectivity index (χ0v) is 14.7. The fraction of sp³-hybridized carbons (Fsp3) is 0.353. The largest absolute Gasteiger partial charge is 0.350 e. The number of aromatic nitrogens is 1. The highest BCUT2D eigenvalue weighted by molar-refractivity contribution is 7.13. The molecule has 0 spiro atoms. The van der Waals surface area contributed by atoms with Crippen molar-refractivity contribution in [3.63, 3.8) is 0 Å². The maximum absolute atomic E-state index is 13.5. The number of nitrogens with zero attached hydrogens (tertiary/aromatic N) is 1. The smallest absolute Gasteiger partial charge is 0.263 e. The van der Waals surface area contributed by atoms with E-state index in [4.69, 9.17) is 0 Å². The SMILES string of the molecule is CC(C)(C)c1ncc(C(=O)NCCNC(=O)c2ccccc2F)s1. The van der Waals surface area contributed by atoms with Gasteiger partial charge in [-0.25, -0.2) is 9.37 Å². The number of benzene rings is 1. The van der Waals surface area contributed by atoms with Crippen molar-refractivity contribution in [1.82, 2.24) is 15.6 Å². The van der Waals surface area contributed by atoms with E-state index in [0.29, 0.717) is 4.88 Å². The molecule has 24 heavy (non-hydrogen) atoms. The lowest BCUT2D eigenvalue weighted by atomic mass is 9.98. The van der Waals surface area contributed by atoms with Gasteiger partial charge in [0.15, 0.2) is 0 Å². The molecule has 2 rings (SSSR count). The number of carbonyl (C=O) groups excluding carboxylic acids is 2. The highest BCUT2D eigenvalue weighted by Gasteiger charge is 2.20. The van der Waals surface area contributed by atoms with Crippen molar-refractivity contribution in [3.05, 3.63) is 51.7 Å².